The van der Waals surface area contributed by atoms with Crippen LogP contribution in [-0.4, -0.2) is 17.4 Å². The zero-order valence-corrected chi connectivity index (χ0v) is 11.8. The number of hydrogen-bond donors (Lipinski definition) is 1. The van der Waals surface area contributed by atoms with Crippen LogP contribution in [0, 0.1) is 0 Å². The summed E-state index contributed by atoms with van der Waals surface area (Å²) in [7, 11) is 0. The number of rotatable bonds is 6. The molecule has 0 amide bonds. The van der Waals surface area contributed by atoms with E-state index >= 15 is 0 Å². The molecule has 2 rings (SSSR count). The molecule has 0 atom stereocenters. The Morgan fingerprint density at radius 1 is 1.14 bits per heavy atom. The molecule has 0 radical (unpaired) electrons. The quantitative estimate of drug-likeness (QED) is 0.831. The van der Waals surface area contributed by atoms with Crippen LogP contribution in [0.4, 0.5) is 0 Å². The van der Waals surface area contributed by atoms with Gasteiger partial charge in [0.05, 0.1) is 12.0 Å². The molecule has 0 fully saturated rings. The molecule has 0 aliphatic rings. The Bertz CT molecular complexity index is 650. The first-order valence-electron chi connectivity index (χ1n) is 6.25. The molecule has 21 heavy (non-hydrogen) atoms. The third kappa shape index (κ3) is 4.33. The summed E-state index contributed by atoms with van der Waals surface area (Å²) in [5, 5.41) is 9.39. The summed E-state index contributed by atoms with van der Waals surface area (Å²) in [6.45, 7) is 0.302. The summed E-state index contributed by atoms with van der Waals surface area (Å²) in [5.41, 5.74) is 1.82. The molecule has 2 aromatic rings. The average Bonchev–Trinajstić information content (AvgIpc) is 2.47. The van der Waals surface area contributed by atoms with E-state index in [9.17, 15) is 9.59 Å². The molecule has 0 unspecified atom stereocenters. The van der Waals surface area contributed by atoms with Crippen LogP contribution in [-0.2, 0) is 17.8 Å². The fourth-order valence-electron chi connectivity index (χ4n) is 1.85. The molecule has 1 N–H and O–H groups in total. The second-order valence-corrected chi connectivity index (χ2v) is 4.91. The third-order valence-corrected chi connectivity index (χ3v) is 3.12. The minimum absolute atomic E-state index is 0.127. The lowest BCUT2D eigenvalue weighted by molar-refractivity contribution is -0.136. The van der Waals surface area contributed by atoms with Crippen molar-refractivity contribution in [2.24, 2.45) is 0 Å². The first kappa shape index (κ1) is 15.1. The average molecular weight is 305 g/mol. The van der Waals surface area contributed by atoms with Crippen molar-refractivity contribution in [3.05, 3.63) is 64.2 Å². The number of carbonyl (C=O) groups is 2. The van der Waals surface area contributed by atoms with Crippen LogP contribution in [0.15, 0.2) is 42.5 Å². The van der Waals surface area contributed by atoms with Gasteiger partial charge in [-0.15, -0.1) is 0 Å². The maximum absolute atomic E-state index is 11.1. The van der Waals surface area contributed by atoms with E-state index in [4.69, 9.17) is 21.4 Å². The van der Waals surface area contributed by atoms with E-state index in [1.807, 2.05) is 12.1 Å². The van der Waals surface area contributed by atoms with Crippen molar-refractivity contribution in [1.29, 1.82) is 0 Å². The zero-order chi connectivity index (χ0) is 15.2. The van der Waals surface area contributed by atoms with Gasteiger partial charge >= 0.3 is 5.97 Å². The highest BCUT2D eigenvalue weighted by molar-refractivity contribution is 6.30. The van der Waals surface area contributed by atoms with Gasteiger partial charge in [-0.25, -0.2) is 0 Å². The second kappa shape index (κ2) is 6.90. The number of halogens is 1. The van der Waals surface area contributed by atoms with Gasteiger partial charge in [0.25, 0.3) is 0 Å². The van der Waals surface area contributed by atoms with Crippen LogP contribution in [0.3, 0.4) is 0 Å². The molecule has 0 bridgehead atoms. The van der Waals surface area contributed by atoms with Gasteiger partial charge in [-0.2, -0.15) is 0 Å². The molecule has 108 valence electrons. The van der Waals surface area contributed by atoms with Gasteiger partial charge in [-0.1, -0.05) is 29.8 Å². The van der Waals surface area contributed by atoms with Gasteiger partial charge < -0.3 is 9.84 Å². The van der Waals surface area contributed by atoms with E-state index in [-0.39, 0.29) is 6.42 Å². The highest BCUT2D eigenvalue weighted by atomic mass is 35.5. The molecule has 0 heterocycles. The lowest BCUT2D eigenvalue weighted by Gasteiger charge is -2.10. The van der Waals surface area contributed by atoms with E-state index < -0.39 is 5.97 Å². The normalized spacial score (nSPS) is 10.1. The summed E-state index contributed by atoms with van der Waals surface area (Å²) in [6, 6.07) is 12.0. The molecule has 0 saturated carbocycles. The van der Waals surface area contributed by atoms with Crippen molar-refractivity contribution >= 4 is 23.9 Å². The Morgan fingerprint density at radius 2 is 1.81 bits per heavy atom. The van der Waals surface area contributed by atoms with Crippen molar-refractivity contribution in [3.8, 4) is 5.75 Å². The topological polar surface area (TPSA) is 63.6 Å². The number of hydrogen-bond acceptors (Lipinski definition) is 3. The van der Waals surface area contributed by atoms with Crippen LogP contribution in [0.5, 0.6) is 5.75 Å². The molecule has 2 aromatic carbocycles. The van der Waals surface area contributed by atoms with E-state index in [2.05, 4.69) is 0 Å². The number of carboxylic acids is 1. The van der Waals surface area contributed by atoms with Gasteiger partial charge in [-0.05, 0) is 35.4 Å². The largest absolute Gasteiger partial charge is 0.488 e. The lowest BCUT2D eigenvalue weighted by atomic mass is 10.1. The monoisotopic (exact) mass is 304 g/mol. The third-order valence-electron chi connectivity index (χ3n) is 2.86. The van der Waals surface area contributed by atoms with E-state index in [0.717, 1.165) is 5.56 Å². The first-order valence-corrected chi connectivity index (χ1v) is 6.63. The minimum Gasteiger partial charge on any atom is -0.488 e. The molecule has 0 spiro atoms. The number of aldehydes is 1. The summed E-state index contributed by atoms with van der Waals surface area (Å²) in [6.07, 6.45) is 0.529. The van der Waals surface area contributed by atoms with E-state index in [1.165, 1.54) is 6.07 Å². The molecule has 0 aliphatic heterocycles. The Kier molecular flexibility index (Phi) is 4.95. The summed E-state index contributed by atoms with van der Waals surface area (Å²) in [4.78, 5) is 21.7. The second-order valence-electron chi connectivity index (χ2n) is 4.48. The maximum atomic E-state index is 11.1. The van der Waals surface area contributed by atoms with Crippen molar-refractivity contribution in [3.63, 3.8) is 0 Å². The Morgan fingerprint density at radius 3 is 2.43 bits per heavy atom. The molecule has 0 saturated heterocycles. The Hall–Kier alpha value is -2.33. The van der Waals surface area contributed by atoms with Crippen molar-refractivity contribution < 1.29 is 19.4 Å². The first-order chi connectivity index (χ1) is 10.1. The molecule has 4 nitrogen and oxygen atoms in total. The fourth-order valence-corrected chi connectivity index (χ4v) is 1.97. The predicted octanol–water partition coefficient (Wildman–Crippen LogP) is 3.36. The van der Waals surface area contributed by atoms with E-state index in [0.29, 0.717) is 34.8 Å². The predicted molar refractivity (Wildman–Crippen MR) is 79.0 cm³/mol. The van der Waals surface area contributed by atoms with Crippen molar-refractivity contribution in [2.45, 2.75) is 13.0 Å². The Balaban J connectivity index is 2.10. The minimum atomic E-state index is -0.943. The van der Waals surface area contributed by atoms with Crippen LogP contribution >= 0.6 is 11.6 Å². The summed E-state index contributed by atoms with van der Waals surface area (Å²) < 4.78 is 5.59. The molecule has 0 aliphatic carbocycles. The number of carbonyl (C=O) groups excluding carboxylic acids is 1. The molecule has 5 heteroatoms. The Labute approximate surface area is 126 Å². The van der Waals surface area contributed by atoms with Gasteiger partial charge in [0.2, 0.25) is 0 Å². The fraction of sp³-hybridized carbons (Fsp3) is 0.125. The summed E-state index contributed by atoms with van der Waals surface area (Å²) in [5.74, 6) is -0.518. The van der Waals surface area contributed by atoms with Crippen LogP contribution in [0.25, 0.3) is 0 Å². The van der Waals surface area contributed by atoms with Gasteiger partial charge in [-0.3, -0.25) is 9.59 Å². The van der Waals surface area contributed by atoms with Crippen LogP contribution < -0.4 is 4.74 Å². The number of benzene rings is 2. The number of aliphatic carboxylic acids is 1. The van der Waals surface area contributed by atoms with Crippen molar-refractivity contribution in [1.82, 2.24) is 0 Å². The van der Waals surface area contributed by atoms with Crippen LogP contribution in [0.1, 0.15) is 21.5 Å². The molecule has 0 aromatic heterocycles. The van der Waals surface area contributed by atoms with Gasteiger partial charge in [0, 0.05) is 5.02 Å². The lowest BCUT2D eigenvalue weighted by Crippen LogP contribution is -2.02. The number of carboxylic acid groups (broad SMARTS) is 1. The number of ether oxygens (including phenoxy) is 1. The van der Waals surface area contributed by atoms with E-state index in [1.54, 1.807) is 24.3 Å². The standard InChI is InChI=1S/C16H13ClO4/c17-14-4-1-11(2-5-14)10-21-15-6-3-12(8-16(19)20)7-13(15)9-18/h1-7,9H,8,10H2,(H,19,20). The SMILES string of the molecule is O=Cc1cc(CC(=O)O)ccc1OCc1ccc(Cl)cc1. The molecular formula is C16H13ClO4. The van der Waals surface area contributed by atoms with Gasteiger partial charge in [0.1, 0.15) is 12.4 Å². The molecular weight excluding hydrogens is 292 g/mol. The van der Waals surface area contributed by atoms with Crippen LogP contribution in [0.2, 0.25) is 5.02 Å². The maximum Gasteiger partial charge on any atom is 0.307 e. The smallest absolute Gasteiger partial charge is 0.307 e. The highest BCUT2D eigenvalue weighted by Crippen LogP contribution is 2.20. The van der Waals surface area contributed by atoms with Crippen molar-refractivity contribution in [2.75, 3.05) is 0 Å². The zero-order valence-electron chi connectivity index (χ0n) is 11.1. The highest BCUT2D eigenvalue weighted by Gasteiger charge is 2.07. The van der Waals surface area contributed by atoms with Gasteiger partial charge in [0.15, 0.2) is 6.29 Å². The summed E-state index contributed by atoms with van der Waals surface area (Å²) >= 11 is 5.80.